The molecule has 1 saturated heterocycles. The van der Waals surface area contributed by atoms with Gasteiger partial charge in [0.1, 0.15) is 6.04 Å². The van der Waals surface area contributed by atoms with Gasteiger partial charge in [0, 0.05) is 37.5 Å². The van der Waals surface area contributed by atoms with Gasteiger partial charge in [-0.15, -0.1) is 0 Å². The molecular weight excluding hydrogens is 306 g/mol. The molecule has 1 unspecified atom stereocenters. The van der Waals surface area contributed by atoms with Gasteiger partial charge in [0.15, 0.2) is 0 Å². The molecule has 0 bridgehead atoms. The Kier molecular flexibility index (Phi) is 5.88. The smallest absolute Gasteiger partial charge is 0.244 e. The summed E-state index contributed by atoms with van der Waals surface area (Å²) in [7, 11) is 0. The number of carbonyl (C=O) groups is 3. The molecule has 1 saturated carbocycles. The summed E-state index contributed by atoms with van der Waals surface area (Å²) >= 11 is 0. The number of nitrogens with one attached hydrogen (secondary N) is 1. The van der Waals surface area contributed by atoms with Crippen LogP contribution in [0.4, 0.5) is 0 Å². The van der Waals surface area contributed by atoms with E-state index in [2.05, 4.69) is 5.32 Å². The van der Waals surface area contributed by atoms with Gasteiger partial charge in [-0.25, -0.2) is 0 Å². The fourth-order valence-electron chi connectivity index (χ4n) is 3.33. The van der Waals surface area contributed by atoms with E-state index in [-0.39, 0.29) is 23.6 Å². The van der Waals surface area contributed by atoms with Gasteiger partial charge < -0.3 is 15.1 Å². The summed E-state index contributed by atoms with van der Waals surface area (Å²) in [6, 6.07) is -0.534. The van der Waals surface area contributed by atoms with Crippen LogP contribution >= 0.6 is 0 Å². The average molecular weight is 337 g/mol. The van der Waals surface area contributed by atoms with Gasteiger partial charge in [0.2, 0.25) is 17.7 Å². The molecule has 136 valence electrons. The normalized spacial score (nSPS) is 20.8. The first-order valence-electron chi connectivity index (χ1n) is 9.08. The Labute approximate surface area is 144 Å². The monoisotopic (exact) mass is 337 g/mol. The van der Waals surface area contributed by atoms with E-state index in [1.54, 1.807) is 11.8 Å². The first-order chi connectivity index (χ1) is 11.2. The van der Waals surface area contributed by atoms with E-state index in [9.17, 15) is 14.4 Å². The minimum Gasteiger partial charge on any atom is -0.344 e. The third kappa shape index (κ3) is 4.48. The molecule has 0 radical (unpaired) electrons. The molecule has 6 heteroatoms. The Morgan fingerprint density at radius 2 is 1.46 bits per heavy atom. The van der Waals surface area contributed by atoms with Crippen LogP contribution in [0.15, 0.2) is 0 Å². The Morgan fingerprint density at radius 1 is 0.958 bits per heavy atom. The Balaban J connectivity index is 1.81. The zero-order chi connectivity index (χ0) is 17.9. The summed E-state index contributed by atoms with van der Waals surface area (Å²) in [6.07, 6.45) is 4.32. The fourth-order valence-corrected chi connectivity index (χ4v) is 3.33. The van der Waals surface area contributed by atoms with Crippen LogP contribution in [0.2, 0.25) is 0 Å². The minimum absolute atomic E-state index is 0.0689. The van der Waals surface area contributed by atoms with Gasteiger partial charge in [-0.2, -0.15) is 0 Å². The van der Waals surface area contributed by atoms with Gasteiger partial charge in [-0.1, -0.05) is 33.6 Å². The molecule has 2 fully saturated rings. The highest BCUT2D eigenvalue weighted by atomic mass is 16.2. The second-order valence-corrected chi connectivity index (χ2v) is 8.08. The van der Waals surface area contributed by atoms with E-state index in [0.29, 0.717) is 26.2 Å². The first-order valence-corrected chi connectivity index (χ1v) is 9.08. The molecule has 24 heavy (non-hydrogen) atoms. The molecule has 1 N–H and O–H groups in total. The molecule has 1 aliphatic heterocycles. The maximum absolute atomic E-state index is 12.5. The second kappa shape index (κ2) is 7.53. The predicted octanol–water partition coefficient (Wildman–Crippen LogP) is 1.40. The summed E-state index contributed by atoms with van der Waals surface area (Å²) in [4.78, 5) is 40.6. The lowest BCUT2D eigenvalue weighted by molar-refractivity contribution is -0.144. The van der Waals surface area contributed by atoms with Gasteiger partial charge in [0.05, 0.1) is 0 Å². The number of amides is 3. The van der Waals surface area contributed by atoms with Gasteiger partial charge in [-0.05, 0) is 19.8 Å². The zero-order valence-corrected chi connectivity index (χ0v) is 15.4. The third-order valence-electron chi connectivity index (χ3n) is 5.01. The van der Waals surface area contributed by atoms with Crippen molar-refractivity contribution in [2.75, 3.05) is 26.2 Å². The molecule has 0 aromatic heterocycles. The lowest BCUT2D eigenvalue weighted by Gasteiger charge is -2.37. The molecule has 1 heterocycles. The van der Waals surface area contributed by atoms with Crippen molar-refractivity contribution >= 4 is 17.7 Å². The maximum atomic E-state index is 12.5. The van der Waals surface area contributed by atoms with Gasteiger partial charge in [-0.3, -0.25) is 14.4 Å². The van der Waals surface area contributed by atoms with Crippen molar-refractivity contribution in [2.45, 2.75) is 59.4 Å². The minimum atomic E-state index is -0.534. The quantitative estimate of drug-likeness (QED) is 0.846. The average Bonchev–Trinajstić information content (AvgIpc) is 3.07. The van der Waals surface area contributed by atoms with Crippen molar-refractivity contribution in [3.8, 4) is 0 Å². The van der Waals surface area contributed by atoms with Crippen molar-refractivity contribution in [3.63, 3.8) is 0 Å². The molecule has 6 nitrogen and oxygen atoms in total. The van der Waals surface area contributed by atoms with Crippen LogP contribution in [0.3, 0.4) is 0 Å². The molecule has 2 aliphatic rings. The molecule has 1 atom stereocenters. The van der Waals surface area contributed by atoms with Gasteiger partial charge in [0.25, 0.3) is 0 Å². The lowest BCUT2D eigenvalue weighted by Crippen LogP contribution is -2.56. The predicted molar refractivity (Wildman–Crippen MR) is 92.2 cm³/mol. The van der Waals surface area contributed by atoms with E-state index in [1.807, 2.05) is 25.7 Å². The van der Waals surface area contributed by atoms with E-state index in [1.165, 1.54) is 0 Å². The SMILES string of the molecule is CC(NC(=O)C(C)(C)C)C(=O)N1CCN(C(=O)C2CCCC2)CC1. The largest absolute Gasteiger partial charge is 0.344 e. The Hall–Kier alpha value is -1.59. The van der Waals surface area contributed by atoms with Crippen LogP contribution in [0.1, 0.15) is 53.4 Å². The van der Waals surface area contributed by atoms with E-state index >= 15 is 0 Å². The van der Waals surface area contributed by atoms with Crippen molar-refractivity contribution in [3.05, 3.63) is 0 Å². The fraction of sp³-hybridized carbons (Fsp3) is 0.833. The number of piperazine rings is 1. The molecule has 3 amide bonds. The molecule has 1 aliphatic carbocycles. The zero-order valence-electron chi connectivity index (χ0n) is 15.4. The number of hydrogen-bond acceptors (Lipinski definition) is 3. The van der Waals surface area contributed by atoms with E-state index in [4.69, 9.17) is 0 Å². The van der Waals surface area contributed by atoms with Crippen LogP contribution in [0, 0.1) is 11.3 Å². The topological polar surface area (TPSA) is 69.7 Å². The van der Waals surface area contributed by atoms with Crippen LogP contribution in [0.5, 0.6) is 0 Å². The van der Waals surface area contributed by atoms with E-state index < -0.39 is 11.5 Å². The first kappa shape index (κ1) is 18.7. The van der Waals surface area contributed by atoms with Crippen LogP contribution in [0.25, 0.3) is 0 Å². The number of rotatable bonds is 3. The Bertz CT molecular complexity index is 484. The lowest BCUT2D eigenvalue weighted by atomic mass is 9.95. The highest BCUT2D eigenvalue weighted by Gasteiger charge is 2.32. The molecular formula is C18H31N3O3. The summed E-state index contributed by atoms with van der Waals surface area (Å²) < 4.78 is 0. The number of hydrogen-bond donors (Lipinski definition) is 1. The molecule has 0 spiro atoms. The van der Waals surface area contributed by atoms with E-state index in [0.717, 1.165) is 25.7 Å². The summed E-state index contributed by atoms with van der Waals surface area (Å²) in [5, 5.41) is 2.78. The van der Waals surface area contributed by atoms with Crippen LogP contribution in [-0.4, -0.2) is 59.7 Å². The highest BCUT2D eigenvalue weighted by Crippen LogP contribution is 2.27. The second-order valence-electron chi connectivity index (χ2n) is 8.08. The van der Waals surface area contributed by atoms with Crippen molar-refractivity contribution in [2.24, 2.45) is 11.3 Å². The highest BCUT2D eigenvalue weighted by molar-refractivity contribution is 5.89. The molecule has 0 aromatic carbocycles. The Morgan fingerprint density at radius 3 is 1.96 bits per heavy atom. The van der Waals surface area contributed by atoms with Crippen LogP contribution < -0.4 is 5.32 Å². The van der Waals surface area contributed by atoms with Crippen molar-refractivity contribution < 1.29 is 14.4 Å². The van der Waals surface area contributed by atoms with Crippen molar-refractivity contribution in [1.29, 1.82) is 0 Å². The third-order valence-corrected chi connectivity index (χ3v) is 5.01. The molecule has 2 rings (SSSR count). The summed E-state index contributed by atoms with van der Waals surface area (Å²) in [5.41, 5.74) is -0.513. The van der Waals surface area contributed by atoms with Crippen LogP contribution in [-0.2, 0) is 14.4 Å². The maximum Gasteiger partial charge on any atom is 0.244 e. The number of nitrogens with zero attached hydrogens (tertiary/aromatic N) is 2. The summed E-state index contributed by atoms with van der Waals surface area (Å²) in [5.74, 6) is 0.255. The standard InChI is InChI=1S/C18H31N3O3/c1-13(19-17(24)18(2,3)4)15(22)20-9-11-21(12-10-20)16(23)14-7-5-6-8-14/h13-14H,5-12H2,1-4H3,(H,19,24). The summed E-state index contributed by atoms with van der Waals surface area (Å²) in [6.45, 7) is 9.50. The van der Waals surface area contributed by atoms with Crippen molar-refractivity contribution in [1.82, 2.24) is 15.1 Å². The molecule has 0 aromatic rings. The number of carbonyl (C=O) groups excluding carboxylic acids is 3. The van der Waals surface area contributed by atoms with Gasteiger partial charge >= 0.3 is 0 Å².